The minimum atomic E-state index is -4.51. The average molecular weight is 357 g/mol. The number of carbonyl (C=O) groups is 1. The number of nitrogens with zero attached hydrogens (tertiary/aromatic N) is 2. The largest absolute Gasteiger partial charge is 0.418 e. The number of halogens is 3. The minimum Gasteiger partial charge on any atom is -0.381 e. The molecule has 2 saturated heterocycles. The monoisotopic (exact) mass is 357 g/mol. The van der Waals surface area contributed by atoms with Gasteiger partial charge in [0.15, 0.2) is 0 Å². The summed E-state index contributed by atoms with van der Waals surface area (Å²) < 4.78 is 44.7. The highest BCUT2D eigenvalue weighted by Gasteiger charge is 2.42. The lowest BCUT2D eigenvalue weighted by Gasteiger charge is -2.51. The second-order valence-corrected chi connectivity index (χ2v) is 6.65. The van der Waals surface area contributed by atoms with Crippen molar-refractivity contribution >= 4 is 11.7 Å². The SMILES string of the molecule is CN1CCN(C(=O)Nc2ccccc2C(F)(F)F)CC12CCOCC2. The van der Waals surface area contributed by atoms with Crippen LogP contribution in [0.4, 0.5) is 23.7 Å². The topological polar surface area (TPSA) is 44.8 Å². The maximum Gasteiger partial charge on any atom is 0.418 e. The molecule has 2 aliphatic heterocycles. The van der Waals surface area contributed by atoms with Crippen LogP contribution in [0.1, 0.15) is 18.4 Å². The van der Waals surface area contributed by atoms with Gasteiger partial charge in [0.1, 0.15) is 0 Å². The Morgan fingerprint density at radius 2 is 1.88 bits per heavy atom. The van der Waals surface area contributed by atoms with Crippen LogP contribution in [0.25, 0.3) is 0 Å². The molecule has 2 fully saturated rings. The molecular formula is C17H22F3N3O2. The summed E-state index contributed by atoms with van der Waals surface area (Å²) in [5.74, 6) is 0. The van der Waals surface area contributed by atoms with Crippen LogP contribution in [0, 0.1) is 0 Å². The molecule has 138 valence electrons. The first-order valence-electron chi connectivity index (χ1n) is 8.33. The number of carbonyl (C=O) groups excluding carboxylic acids is 1. The Hall–Kier alpha value is -1.80. The smallest absolute Gasteiger partial charge is 0.381 e. The van der Waals surface area contributed by atoms with Gasteiger partial charge in [-0.05, 0) is 32.0 Å². The summed E-state index contributed by atoms with van der Waals surface area (Å²) in [5, 5.41) is 2.44. The third-order valence-electron chi connectivity index (χ3n) is 5.19. The third kappa shape index (κ3) is 3.74. The van der Waals surface area contributed by atoms with Crippen molar-refractivity contribution < 1.29 is 22.7 Å². The van der Waals surface area contributed by atoms with Crippen molar-refractivity contribution in [2.24, 2.45) is 0 Å². The summed E-state index contributed by atoms with van der Waals surface area (Å²) in [5.41, 5.74) is -1.20. The molecule has 25 heavy (non-hydrogen) atoms. The van der Waals surface area contributed by atoms with E-state index in [-0.39, 0.29) is 11.2 Å². The van der Waals surface area contributed by atoms with Crippen LogP contribution in [0.2, 0.25) is 0 Å². The molecule has 0 aromatic heterocycles. The van der Waals surface area contributed by atoms with E-state index >= 15 is 0 Å². The van der Waals surface area contributed by atoms with Gasteiger partial charge < -0.3 is 15.0 Å². The molecule has 5 nitrogen and oxygen atoms in total. The van der Waals surface area contributed by atoms with Gasteiger partial charge in [0, 0.05) is 38.4 Å². The van der Waals surface area contributed by atoms with Crippen molar-refractivity contribution in [2.45, 2.75) is 24.6 Å². The number of urea groups is 1. The second kappa shape index (κ2) is 6.84. The molecule has 1 aromatic carbocycles. The van der Waals surface area contributed by atoms with Crippen LogP contribution in [0.3, 0.4) is 0 Å². The van der Waals surface area contributed by atoms with Crippen LogP contribution < -0.4 is 5.32 Å². The number of para-hydroxylation sites is 1. The maximum absolute atomic E-state index is 13.1. The van der Waals surface area contributed by atoms with Crippen LogP contribution in [0.15, 0.2) is 24.3 Å². The number of alkyl halides is 3. The fourth-order valence-electron chi connectivity index (χ4n) is 3.56. The van der Waals surface area contributed by atoms with Gasteiger partial charge in [-0.1, -0.05) is 12.1 Å². The number of hydrogen-bond acceptors (Lipinski definition) is 3. The van der Waals surface area contributed by atoms with E-state index in [0.717, 1.165) is 18.9 Å². The highest BCUT2D eigenvalue weighted by atomic mass is 19.4. The van der Waals surface area contributed by atoms with Crippen LogP contribution >= 0.6 is 0 Å². The van der Waals surface area contributed by atoms with Crippen molar-refractivity contribution in [1.29, 1.82) is 0 Å². The fraction of sp³-hybridized carbons (Fsp3) is 0.588. The summed E-state index contributed by atoms with van der Waals surface area (Å²) in [4.78, 5) is 16.4. The number of hydrogen-bond donors (Lipinski definition) is 1. The van der Waals surface area contributed by atoms with Crippen molar-refractivity contribution in [2.75, 3.05) is 45.2 Å². The van der Waals surface area contributed by atoms with Gasteiger partial charge in [-0.25, -0.2) is 4.79 Å². The Morgan fingerprint density at radius 1 is 1.20 bits per heavy atom. The molecule has 0 bridgehead atoms. The lowest BCUT2D eigenvalue weighted by Crippen LogP contribution is -2.64. The van der Waals surface area contributed by atoms with E-state index in [9.17, 15) is 18.0 Å². The molecule has 0 atom stereocenters. The highest BCUT2D eigenvalue weighted by Crippen LogP contribution is 2.35. The Labute approximate surface area is 144 Å². The lowest BCUT2D eigenvalue weighted by molar-refractivity contribution is -0.136. The normalized spacial score (nSPS) is 21.4. The van der Waals surface area contributed by atoms with E-state index in [1.54, 1.807) is 4.90 Å². The molecule has 0 saturated carbocycles. The molecule has 3 rings (SSSR count). The van der Waals surface area contributed by atoms with E-state index < -0.39 is 17.8 Å². The summed E-state index contributed by atoms with van der Waals surface area (Å²) in [6, 6.07) is 4.55. The first-order chi connectivity index (χ1) is 11.8. The Bertz CT molecular complexity index is 630. The van der Waals surface area contributed by atoms with E-state index in [0.29, 0.717) is 32.8 Å². The predicted octanol–water partition coefficient (Wildman–Crippen LogP) is 3.03. The standard InChI is InChI=1S/C17H22F3N3O2/c1-22-8-9-23(12-16(22)6-10-25-11-7-16)15(24)21-14-5-3-2-4-13(14)17(18,19)20/h2-5H,6-12H2,1H3,(H,21,24). The summed E-state index contributed by atoms with van der Waals surface area (Å²) in [7, 11) is 2.03. The molecule has 0 aliphatic carbocycles. The Balaban J connectivity index is 1.74. The highest BCUT2D eigenvalue weighted by molar-refractivity contribution is 5.90. The molecule has 1 N–H and O–H groups in total. The number of rotatable bonds is 1. The van der Waals surface area contributed by atoms with Crippen LogP contribution in [0.5, 0.6) is 0 Å². The van der Waals surface area contributed by atoms with Gasteiger partial charge in [-0.15, -0.1) is 0 Å². The zero-order chi connectivity index (χ0) is 18.1. The molecular weight excluding hydrogens is 335 g/mol. The van der Waals surface area contributed by atoms with Crippen molar-refractivity contribution in [1.82, 2.24) is 9.80 Å². The lowest BCUT2D eigenvalue weighted by atomic mass is 9.86. The molecule has 2 amide bonds. The van der Waals surface area contributed by atoms with Gasteiger partial charge in [-0.3, -0.25) is 4.90 Å². The predicted molar refractivity (Wildman–Crippen MR) is 87.4 cm³/mol. The quantitative estimate of drug-likeness (QED) is 0.840. The van der Waals surface area contributed by atoms with Gasteiger partial charge in [0.05, 0.1) is 11.3 Å². The third-order valence-corrected chi connectivity index (χ3v) is 5.19. The fourth-order valence-corrected chi connectivity index (χ4v) is 3.56. The molecule has 2 aliphatic rings. The second-order valence-electron chi connectivity index (χ2n) is 6.65. The molecule has 0 radical (unpaired) electrons. The van der Waals surface area contributed by atoms with E-state index in [2.05, 4.69) is 10.2 Å². The van der Waals surface area contributed by atoms with Crippen molar-refractivity contribution in [3.8, 4) is 0 Å². The number of ether oxygens (including phenoxy) is 1. The first-order valence-corrected chi connectivity index (χ1v) is 8.33. The van der Waals surface area contributed by atoms with Crippen LogP contribution in [-0.2, 0) is 10.9 Å². The molecule has 8 heteroatoms. The number of anilines is 1. The van der Waals surface area contributed by atoms with Crippen molar-refractivity contribution in [3.05, 3.63) is 29.8 Å². The van der Waals surface area contributed by atoms with Gasteiger partial charge in [0.2, 0.25) is 0 Å². The van der Waals surface area contributed by atoms with Gasteiger partial charge in [0.25, 0.3) is 0 Å². The molecule has 2 heterocycles. The van der Waals surface area contributed by atoms with E-state index in [4.69, 9.17) is 4.74 Å². The number of likely N-dealkylation sites (N-methyl/N-ethyl adjacent to an activating group) is 1. The first kappa shape index (κ1) is 18.0. The Morgan fingerprint density at radius 3 is 2.56 bits per heavy atom. The maximum atomic E-state index is 13.1. The average Bonchev–Trinajstić information content (AvgIpc) is 2.58. The van der Waals surface area contributed by atoms with E-state index in [1.807, 2.05) is 7.05 Å². The van der Waals surface area contributed by atoms with Crippen molar-refractivity contribution in [3.63, 3.8) is 0 Å². The number of amides is 2. The zero-order valence-corrected chi connectivity index (χ0v) is 14.1. The molecule has 1 aromatic rings. The zero-order valence-electron chi connectivity index (χ0n) is 14.1. The van der Waals surface area contributed by atoms with Gasteiger partial charge >= 0.3 is 12.2 Å². The molecule has 0 unspecified atom stereocenters. The summed E-state index contributed by atoms with van der Waals surface area (Å²) >= 11 is 0. The summed E-state index contributed by atoms with van der Waals surface area (Å²) in [6.45, 7) is 2.94. The Kier molecular flexibility index (Phi) is 4.92. The number of nitrogens with one attached hydrogen (secondary N) is 1. The number of benzene rings is 1. The van der Waals surface area contributed by atoms with Crippen LogP contribution in [-0.4, -0.2) is 61.3 Å². The van der Waals surface area contributed by atoms with E-state index in [1.165, 1.54) is 18.2 Å². The number of piperazine rings is 1. The molecule has 1 spiro atoms. The van der Waals surface area contributed by atoms with Gasteiger partial charge in [-0.2, -0.15) is 13.2 Å². The summed E-state index contributed by atoms with van der Waals surface area (Å²) in [6.07, 6.45) is -2.88. The minimum absolute atomic E-state index is 0.155.